The number of hydrogen-bond acceptors (Lipinski definition) is 1. The Kier molecular flexibility index (Phi) is 2.03. The fourth-order valence-corrected chi connectivity index (χ4v) is 2.08. The van der Waals surface area contributed by atoms with Gasteiger partial charge in [0.15, 0.2) is 0 Å². The van der Waals surface area contributed by atoms with Crippen molar-refractivity contribution in [2.24, 2.45) is 0 Å². The van der Waals surface area contributed by atoms with E-state index in [9.17, 15) is 0 Å². The van der Waals surface area contributed by atoms with Crippen LogP contribution in [0.25, 0.3) is 22.2 Å². The molecule has 0 amide bonds. The molecule has 0 spiro atoms. The molecule has 0 bridgehead atoms. The summed E-state index contributed by atoms with van der Waals surface area (Å²) >= 11 is 0. The minimum absolute atomic E-state index is 0.939. The molecule has 0 aliphatic rings. The molecule has 1 aromatic carbocycles. The minimum atomic E-state index is 0.939. The van der Waals surface area contributed by atoms with E-state index in [2.05, 4.69) is 39.7 Å². The lowest BCUT2D eigenvalue weighted by Gasteiger charge is -2.03. The van der Waals surface area contributed by atoms with E-state index < -0.39 is 0 Å². The number of aryl methyl sites for hydroxylation is 1. The molecule has 1 N–H and O–H groups in total. The molecule has 0 saturated heterocycles. The number of nitrogens with zero attached hydrogens (tertiary/aromatic N) is 2. The molecule has 3 heteroatoms. The summed E-state index contributed by atoms with van der Waals surface area (Å²) in [4.78, 5) is 7.49. The Bertz CT molecular complexity index is 619. The van der Waals surface area contributed by atoms with Gasteiger partial charge in [-0.2, -0.15) is 0 Å². The second-order valence-electron chi connectivity index (χ2n) is 3.81. The number of nitrogens with one attached hydrogen (secondary N) is 1. The van der Waals surface area contributed by atoms with Crippen molar-refractivity contribution < 1.29 is 0 Å². The van der Waals surface area contributed by atoms with Crippen LogP contribution in [0.2, 0.25) is 0 Å². The molecule has 0 unspecified atom stereocenters. The van der Waals surface area contributed by atoms with Crippen LogP contribution in [0.4, 0.5) is 0 Å². The van der Waals surface area contributed by atoms with Crippen molar-refractivity contribution in [2.45, 2.75) is 13.5 Å². The van der Waals surface area contributed by atoms with Crippen molar-refractivity contribution in [2.75, 3.05) is 0 Å². The molecule has 0 aliphatic carbocycles. The first kappa shape index (κ1) is 9.21. The number of rotatable bonds is 2. The van der Waals surface area contributed by atoms with E-state index in [0.29, 0.717) is 0 Å². The van der Waals surface area contributed by atoms with Crippen molar-refractivity contribution in [3.05, 3.63) is 43.0 Å². The fraction of sp³-hybridized carbons (Fsp3) is 0.154. The van der Waals surface area contributed by atoms with Gasteiger partial charge in [-0.05, 0) is 13.0 Å². The third-order valence-electron chi connectivity index (χ3n) is 2.92. The molecule has 0 saturated carbocycles. The van der Waals surface area contributed by atoms with Crippen molar-refractivity contribution in [3.63, 3.8) is 0 Å². The van der Waals surface area contributed by atoms with E-state index in [4.69, 9.17) is 0 Å². The van der Waals surface area contributed by atoms with E-state index in [-0.39, 0.29) is 0 Å². The predicted molar refractivity (Wildman–Crippen MR) is 65.2 cm³/mol. The van der Waals surface area contributed by atoms with Crippen molar-refractivity contribution in [3.8, 4) is 11.3 Å². The van der Waals surface area contributed by atoms with Gasteiger partial charge in [-0.25, -0.2) is 4.98 Å². The molecule has 16 heavy (non-hydrogen) atoms. The average Bonchev–Trinajstić information content (AvgIpc) is 2.94. The molecule has 0 aliphatic heterocycles. The highest BCUT2D eigenvalue weighted by Gasteiger charge is 2.08. The zero-order valence-electron chi connectivity index (χ0n) is 9.14. The fourth-order valence-electron chi connectivity index (χ4n) is 2.08. The number of aromatic nitrogens is 3. The summed E-state index contributed by atoms with van der Waals surface area (Å²) in [6, 6.07) is 8.33. The van der Waals surface area contributed by atoms with E-state index in [1.807, 2.05) is 24.8 Å². The number of hydrogen-bond donors (Lipinski definition) is 1. The SMILES string of the molecule is CCn1cncc1-c1c[nH]c2ccccc12. The molecule has 2 heterocycles. The van der Waals surface area contributed by atoms with Crippen LogP contribution < -0.4 is 0 Å². The van der Waals surface area contributed by atoms with Crippen molar-refractivity contribution in [1.82, 2.24) is 14.5 Å². The standard InChI is InChI=1S/C13H13N3/c1-2-16-9-14-8-13(16)11-7-15-12-6-4-3-5-10(11)12/h3-9,15H,2H2,1H3. The predicted octanol–water partition coefficient (Wildman–Crippen LogP) is 3.05. The normalized spacial score (nSPS) is 11.1. The topological polar surface area (TPSA) is 33.6 Å². The Morgan fingerprint density at radius 3 is 3.06 bits per heavy atom. The van der Waals surface area contributed by atoms with Crippen LogP contribution in [-0.4, -0.2) is 14.5 Å². The third kappa shape index (κ3) is 1.25. The number of para-hydroxylation sites is 1. The number of H-pyrrole nitrogens is 1. The minimum Gasteiger partial charge on any atom is -0.360 e. The summed E-state index contributed by atoms with van der Waals surface area (Å²) in [5, 5.41) is 1.25. The summed E-state index contributed by atoms with van der Waals surface area (Å²) in [5.41, 5.74) is 3.55. The zero-order chi connectivity index (χ0) is 11.0. The monoisotopic (exact) mass is 211 g/mol. The summed E-state index contributed by atoms with van der Waals surface area (Å²) in [6.07, 6.45) is 5.84. The van der Waals surface area contributed by atoms with Gasteiger partial charge in [0.25, 0.3) is 0 Å². The average molecular weight is 211 g/mol. The Morgan fingerprint density at radius 1 is 1.31 bits per heavy atom. The lowest BCUT2D eigenvalue weighted by Crippen LogP contribution is -1.93. The molecule has 2 aromatic heterocycles. The first-order chi connectivity index (χ1) is 7.90. The molecule has 80 valence electrons. The van der Waals surface area contributed by atoms with Crippen LogP contribution >= 0.6 is 0 Å². The summed E-state index contributed by atoms with van der Waals surface area (Å²) < 4.78 is 2.15. The van der Waals surface area contributed by atoms with Gasteiger partial charge < -0.3 is 9.55 Å². The van der Waals surface area contributed by atoms with Crippen molar-refractivity contribution >= 4 is 10.9 Å². The smallest absolute Gasteiger partial charge is 0.0950 e. The molecule has 3 aromatic rings. The number of aromatic amines is 1. The maximum Gasteiger partial charge on any atom is 0.0950 e. The number of benzene rings is 1. The van der Waals surface area contributed by atoms with Crippen LogP contribution in [0.3, 0.4) is 0 Å². The summed E-state index contributed by atoms with van der Waals surface area (Å²) in [5.74, 6) is 0. The number of fused-ring (bicyclic) bond motifs is 1. The van der Waals surface area contributed by atoms with Crippen LogP contribution in [0.1, 0.15) is 6.92 Å². The Hall–Kier alpha value is -2.03. The quantitative estimate of drug-likeness (QED) is 0.694. The third-order valence-corrected chi connectivity index (χ3v) is 2.92. The van der Waals surface area contributed by atoms with Gasteiger partial charge in [0.05, 0.1) is 18.2 Å². The lowest BCUT2D eigenvalue weighted by atomic mass is 10.1. The maximum absolute atomic E-state index is 4.20. The molecular weight excluding hydrogens is 198 g/mol. The van der Waals surface area contributed by atoms with Gasteiger partial charge in [0.1, 0.15) is 0 Å². The summed E-state index contributed by atoms with van der Waals surface area (Å²) in [6.45, 7) is 3.06. The number of imidazole rings is 1. The molecule has 0 atom stereocenters. The lowest BCUT2D eigenvalue weighted by molar-refractivity contribution is 0.769. The second kappa shape index (κ2) is 3.52. The van der Waals surface area contributed by atoms with E-state index in [0.717, 1.165) is 6.54 Å². The molecule has 0 fully saturated rings. The second-order valence-corrected chi connectivity index (χ2v) is 3.81. The Balaban J connectivity index is 2.26. The van der Waals surface area contributed by atoms with Crippen LogP contribution in [0.15, 0.2) is 43.0 Å². The zero-order valence-corrected chi connectivity index (χ0v) is 9.14. The van der Waals surface area contributed by atoms with Crippen LogP contribution in [0, 0.1) is 0 Å². The van der Waals surface area contributed by atoms with Gasteiger partial charge in [-0.15, -0.1) is 0 Å². The summed E-state index contributed by atoms with van der Waals surface area (Å²) in [7, 11) is 0. The van der Waals surface area contributed by atoms with Crippen LogP contribution in [0.5, 0.6) is 0 Å². The molecule has 3 rings (SSSR count). The van der Waals surface area contributed by atoms with E-state index in [1.54, 1.807) is 0 Å². The molecule has 3 nitrogen and oxygen atoms in total. The highest BCUT2D eigenvalue weighted by Crippen LogP contribution is 2.27. The first-order valence-corrected chi connectivity index (χ1v) is 5.46. The highest BCUT2D eigenvalue weighted by molar-refractivity contribution is 5.94. The van der Waals surface area contributed by atoms with Gasteiger partial charge in [0.2, 0.25) is 0 Å². The van der Waals surface area contributed by atoms with Gasteiger partial charge in [-0.3, -0.25) is 0 Å². The highest BCUT2D eigenvalue weighted by atomic mass is 15.0. The van der Waals surface area contributed by atoms with Crippen LogP contribution in [-0.2, 0) is 6.54 Å². The Labute approximate surface area is 93.7 Å². The largest absolute Gasteiger partial charge is 0.360 e. The molecule has 0 radical (unpaired) electrons. The first-order valence-electron chi connectivity index (χ1n) is 5.46. The van der Waals surface area contributed by atoms with E-state index >= 15 is 0 Å². The Morgan fingerprint density at radius 2 is 2.19 bits per heavy atom. The van der Waals surface area contributed by atoms with Gasteiger partial charge >= 0.3 is 0 Å². The molecular formula is C13H13N3. The van der Waals surface area contributed by atoms with E-state index in [1.165, 1.54) is 22.2 Å². The van der Waals surface area contributed by atoms with Gasteiger partial charge in [-0.1, -0.05) is 18.2 Å². The van der Waals surface area contributed by atoms with Crippen molar-refractivity contribution in [1.29, 1.82) is 0 Å². The maximum atomic E-state index is 4.20. The van der Waals surface area contributed by atoms with Gasteiger partial charge in [0, 0.05) is 29.2 Å².